The molecule has 1 heterocycles. The predicted molar refractivity (Wildman–Crippen MR) is 57.5 cm³/mol. The molecule has 0 fully saturated rings. The van der Waals surface area contributed by atoms with Crippen molar-refractivity contribution in [2.45, 2.75) is 13.5 Å². The average molecular weight is 206 g/mol. The summed E-state index contributed by atoms with van der Waals surface area (Å²) < 4.78 is 5.83. The Hall–Kier alpha value is -1.42. The van der Waals surface area contributed by atoms with E-state index in [2.05, 4.69) is 4.37 Å². The molecule has 0 bridgehead atoms. The zero-order chi connectivity index (χ0) is 9.97. The van der Waals surface area contributed by atoms with E-state index in [9.17, 15) is 4.79 Å². The summed E-state index contributed by atoms with van der Waals surface area (Å²) in [5, 5.41) is 0. The molecular weight excluding hydrogens is 196 g/mol. The molecular formula is C10H10N2OS. The van der Waals surface area contributed by atoms with Crippen LogP contribution >= 0.6 is 11.5 Å². The number of rotatable bonds is 2. The summed E-state index contributed by atoms with van der Waals surface area (Å²) in [6, 6.07) is 9.75. The van der Waals surface area contributed by atoms with Gasteiger partial charge in [0, 0.05) is 23.6 Å². The van der Waals surface area contributed by atoms with Gasteiger partial charge in [-0.15, -0.1) is 0 Å². The maximum Gasteiger partial charge on any atom is 0.326 e. The Bertz CT molecular complexity index is 472. The highest BCUT2D eigenvalue weighted by Crippen LogP contribution is 2.15. The first-order valence-corrected chi connectivity index (χ1v) is 5.22. The highest BCUT2D eigenvalue weighted by atomic mass is 32.1. The first kappa shape index (κ1) is 9.15. The van der Waals surface area contributed by atoms with E-state index >= 15 is 0 Å². The van der Waals surface area contributed by atoms with Crippen LogP contribution in [0.15, 0.2) is 35.1 Å². The Morgan fingerprint density at radius 2 is 2.07 bits per heavy atom. The van der Waals surface area contributed by atoms with E-state index < -0.39 is 0 Å². The third-order valence-corrected chi connectivity index (χ3v) is 2.68. The van der Waals surface area contributed by atoms with Crippen LogP contribution in [0.1, 0.15) is 6.92 Å². The van der Waals surface area contributed by atoms with E-state index in [4.69, 9.17) is 0 Å². The van der Waals surface area contributed by atoms with Gasteiger partial charge in [0.15, 0.2) is 5.82 Å². The normalized spacial score (nSPS) is 10.4. The second-order valence-corrected chi connectivity index (χ2v) is 3.60. The van der Waals surface area contributed by atoms with Crippen LogP contribution in [0.5, 0.6) is 0 Å². The Labute approximate surface area is 85.8 Å². The second-order valence-electron chi connectivity index (χ2n) is 2.88. The summed E-state index contributed by atoms with van der Waals surface area (Å²) in [7, 11) is 0. The third kappa shape index (κ3) is 1.48. The fourth-order valence-electron chi connectivity index (χ4n) is 1.34. The summed E-state index contributed by atoms with van der Waals surface area (Å²) in [5.74, 6) is 0.767. The topological polar surface area (TPSA) is 34.9 Å². The number of hydrogen-bond donors (Lipinski definition) is 0. The van der Waals surface area contributed by atoms with Crippen LogP contribution in [0.2, 0.25) is 0 Å². The van der Waals surface area contributed by atoms with Gasteiger partial charge >= 0.3 is 4.87 Å². The Morgan fingerprint density at radius 1 is 1.36 bits per heavy atom. The summed E-state index contributed by atoms with van der Waals surface area (Å²) in [5.41, 5.74) is 0.993. The summed E-state index contributed by atoms with van der Waals surface area (Å²) >= 11 is 1.01. The monoisotopic (exact) mass is 206 g/mol. The zero-order valence-electron chi connectivity index (χ0n) is 7.80. The molecule has 3 nitrogen and oxygen atoms in total. The van der Waals surface area contributed by atoms with Gasteiger partial charge in [-0.2, -0.15) is 4.37 Å². The standard InChI is InChI=1S/C10H10N2OS/c1-2-12-9(11-14-10(12)13)8-6-4-3-5-7-8/h3-7H,2H2,1H3. The van der Waals surface area contributed by atoms with Crippen molar-refractivity contribution in [3.63, 3.8) is 0 Å². The van der Waals surface area contributed by atoms with Gasteiger partial charge < -0.3 is 0 Å². The molecule has 1 aromatic carbocycles. The summed E-state index contributed by atoms with van der Waals surface area (Å²) in [4.78, 5) is 11.4. The lowest BCUT2D eigenvalue weighted by Crippen LogP contribution is -2.12. The van der Waals surface area contributed by atoms with Crippen LogP contribution in [-0.2, 0) is 6.54 Å². The molecule has 0 amide bonds. The van der Waals surface area contributed by atoms with Gasteiger partial charge in [-0.25, -0.2) is 0 Å². The minimum atomic E-state index is 0.00588. The van der Waals surface area contributed by atoms with Gasteiger partial charge in [-0.1, -0.05) is 30.3 Å². The van der Waals surface area contributed by atoms with Crippen molar-refractivity contribution < 1.29 is 0 Å². The third-order valence-electron chi connectivity index (χ3n) is 2.03. The minimum absolute atomic E-state index is 0.00588. The van der Waals surface area contributed by atoms with Crippen LogP contribution in [0, 0.1) is 0 Å². The van der Waals surface area contributed by atoms with Gasteiger partial charge in [0.1, 0.15) is 0 Å². The lowest BCUT2D eigenvalue weighted by atomic mass is 10.2. The first-order chi connectivity index (χ1) is 6.83. The van der Waals surface area contributed by atoms with Crippen molar-refractivity contribution in [2.24, 2.45) is 0 Å². The quantitative estimate of drug-likeness (QED) is 0.753. The van der Waals surface area contributed by atoms with Crippen molar-refractivity contribution in [1.29, 1.82) is 0 Å². The maximum absolute atomic E-state index is 11.4. The summed E-state index contributed by atoms with van der Waals surface area (Å²) in [6.07, 6.45) is 0. The molecule has 1 aromatic heterocycles. The average Bonchev–Trinajstić information content (AvgIpc) is 2.61. The minimum Gasteiger partial charge on any atom is -0.282 e. The van der Waals surface area contributed by atoms with Gasteiger partial charge in [0.05, 0.1) is 0 Å². The van der Waals surface area contributed by atoms with Crippen molar-refractivity contribution in [3.05, 3.63) is 40.0 Å². The Kier molecular flexibility index (Phi) is 2.45. The number of nitrogens with zero attached hydrogens (tertiary/aromatic N) is 2. The highest BCUT2D eigenvalue weighted by Gasteiger charge is 2.07. The van der Waals surface area contributed by atoms with Gasteiger partial charge in [0.2, 0.25) is 0 Å². The summed E-state index contributed by atoms with van der Waals surface area (Å²) in [6.45, 7) is 2.61. The van der Waals surface area contributed by atoms with E-state index in [1.54, 1.807) is 4.57 Å². The lowest BCUT2D eigenvalue weighted by Gasteiger charge is -2.01. The van der Waals surface area contributed by atoms with Gasteiger partial charge in [-0.05, 0) is 6.92 Å². The molecule has 14 heavy (non-hydrogen) atoms. The molecule has 2 aromatic rings. The van der Waals surface area contributed by atoms with Crippen molar-refractivity contribution in [1.82, 2.24) is 8.94 Å². The van der Waals surface area contributed by atoms with Crippen LogP contribution in [0.3, 0.4) is 0 Å². The molecule has 0 radical (unpaired) electrons. The van der Waals surface area contributed by atoms with E-state index in [-0.39, 0.29) is 4.87 Å². The van der Waals surface area contributed by atoms with E-state index in [0.29, 0.717) is 6.54 Å². The Morgan fingerprint density at radius 3 is 2.71 bits per heavy atom. The van der Waals surface area contributed by atoms with Crippen molar-refractivity contribution in [3.8, 4) is 11.4 Å². The predicted octanol–water partition coefficient (Wildman–Crippen LogP) is 1.99. The number of hydrogen-bond acceptors (Lipinski definition) is 3. The van der Waals surface area contributed by atoms with E-state index in [1.165, 1.54) is 0 Å². The molecule has 0 aliphatic heterocycles. The maximum atomic E-state index is 11.4. The van der Waals surface area contributed by atoms with Crippen molar-refractivity contribution in [2.75, 3.05) is 0 Å². The molecule has 0 saturated heterocycles. The SMILES string of the molecule is CCn1c(-c2ccccc2)nsc1=O. The van der Waals surface area contributed by atoms with Crippen LogP contribution < -0.4 is 4.87 Å². The van der Waals surface area contributed by atoms with Gasteiger partial charge in [-0.3, -0.25) is 9.36 Å². The molecule has 0 aliphatic carbocycles. The van der Waals surface area contributed by atoms with Crippen molar-refractivity contribution >= 4 is 11.5 Å². The Balaban J connectivity index is 2.57. The molecule has 0 saturated carbocycles. The molecule has 72 valence electrons. The molecule has 0 spiro atoms. The first-order valence-electron chi connectivity index (χ1n) is 4.45. The van der Waals surface area contributed by atoms with Gasteiger partial charge in [0.25, 0.3) is 0 Å². The fourth-order valence-corrected chi connectivity index (χ4v) is 2.02. The molecule has 4 heteroatoms. The molecule has 0 unspecified atom stereocenters. The number of aromatic nitrogens is 2. The number of benzene rings is 1. The molecule has 0 N–H and O–H groups in total. The molecule has 2 rings (SSSR count). The molecule has 0 aliphatic rings. The van der Waals surface area contributed by atoms with Crippen LogP contribution in [-0.4, -0.2) is 8.94 Å². The second kappa shape index (κ2) is 3.75. The fraction of sp³-hybridized carbons (Fsp3) is 0.200. The van der Waals surface area contributed by atoms with Crippen LogP contribution in [0.4, 0.5) is 0 Å². The zero-order valence-corrected chi connectivity index (χ0v) is 8.62. The van der Waals surface area contributed by atoms with E-state index in [1.807, 2.05) is 37.3 Å². The van der Waals surface area contributed by atoms with E-state index in [0.717, 1.165) is 22.9 Å². The lowest BCUT2D eigenvalue weighted by molar-refractivity contribution is 0.749. The largest absolute Gasteiger partial charge is 0.326 e. The highest BCUT2D eigenvalue weighted by molar-refractivity contribution is 7.03. The smallest absolute Gasteiger partial charge is 0.282 e. The molecule has 0 atom stereocenters. The van der Waals surface area contributed by atoms with Crippen LogP contribution in [0.25, 0.3) is 11.4 Å².